The van der Waals surface area contributed by atoms with Crippen LogP contribution in [0, 0.1) is 13.8 Å². The molecule has 0 fully saturated rings. The van der Waals surface area contributed by atoms with Gasteiger partial charge in [0.15, 0.2) is 0 Å². The minimum Gasteiger partial charge on any atom is -0.398 e. The van der Waals surface area contributed by atoms with Gasteiger partial charge in [0.25, 0.3) is 5.56 Å². The lowest BCUT2D eigenvalue weighted by Crippen LogP contribution is -2.19. The smallest absolute Gasteiger partial charge is 0.296 e. The van der Waals surface area contributed by atoms with E-state index >= 15 is 0 Å². The van der Waals surface area contributed by atoms with E-state index in [1.54, 1.807) is 6.92 Å². The Hall–Kier alpha value is -2.28. The molecule has 7 heteroatoms. The van der Waals surface area contributed by atoms with E-state index in [4.69, 9.17) is 5.73 Å². The van der Waals surface area contributed by atoms with Gasteiger partial charge in [0.05, 0.1) is 0 Å². The summed E-state index contributed by atoms with van der Waals surface area (Å²) in [5.41, 5.74) is 8.53. The molecule has 1 aromatic carbocycles. The maximum Gasteiger partial charge on any atom is 0.296 e. The van der Waals surface area contributed by atoms with Crippen molar-refractivity contribution in [2.24, 2.45) is 0 Å². The van der Waals surface area contributed by atoms with E-state index in [2.05, 4.69) is 15.3 Å². The Balaban J connectivity index is 2.30. The van der Waals surface area contributed by atoms with Gasteiger partial charge in [-0.15, -0.1) is 10.2 Å². The zero-order chi connectivity index (χ0) is 13.6. The third-order valence-corrected chi connectivity index (χ3v) is 3.89. The molecule has 0 unspecified atom stereocenters. The number of hydrogen-bond acceptors (Lipinski definition) is 6. The Morgan fingerprint density at radius 1 is 1.26 bits per heavy atom. The number of nitrogens with zero attached hydrogens (tertiary/aromatic N) is 4. The number of aryl methyl sites for hydroxylation is 1. The number of aromatic nitrogens is 4. The summed E-state index contributed by atoms with van der Waals surface area (Å²) in [6.07, 6.45) is 0. The van der Waals surface area contributed by atoms with Gasteiger partial charge in [-0.3, -0.25) is 4.79 Å². The molecule has 2 heterocycles. The van der Waals surface area contributed by atoms with Gasteiger partial charge < -0.3 is 5.73 Å². The van der Waals surface area contributed by atoms with E-state index in [9.17, 15) is 4.79 Å². The van der Waals surface area contributed by atoms with Gasteiger partial charge >= 0.3 is 0 Å². The maximum absolute atomic E-state index is 11.9. The van der Waals surface area contributed by atoms with Crippen molar-refractivity contribution in [1.29, 1.82) is 0 Å². The van der Waals surface area contributed by atoms with Crippen LogP contribution in [0.3, 0.4) is 0 Å². The molecular weight excluding hydrogens is 262 g/mol. The number of hydrogen-bond donors (Lipinski definition) is 1. The second-order valence-corrected chi connectivity index (χ2v) is 5.17. The lowest BCUT2D eigenvalue weighted by molar-refractivity contribution is 0.829. The summed E-state index contributed by atoms with van der Waals surface area (Å²) in [5.74, 6) is 0. The summed E-state index contributed by atoms with van der Waals surface area (Å²) < 4.78 is 1.28. The molecule has 0 aliphatic rings. The van der Waals surface area contributed by atoms with Crippen LogP contribution in [0.1, 0.15) is 11.3 Å². The van der Waals surface area contributed by atoms with Crippen molar-refractivity contribution in [3.05, 3.63) is 39.8 Å². The Morgan fingerprint density at radius 2 is 2.05 bits per heavy atom. The first-order valence-electron chi connectivity index (χ1n) is 5.66. The van der Waals surface area contributed by atoms with Gasteiger partial charge in [0.1, 0.15) is 10.7 Å². The molecule has 2 N–H and O–H groups in total. The standard InChI is InChI=1S/C12H11N5OS/c1-6-8(4-3-5-9(6)13)10-16-17-11(18)7(2)14-15-12(17)19-10/h3-5H,13H2,1-2H3. The number of nitrogen functional groups attached to an aromatic ring is 1. The average molecular weight is 273 g/mol. The van der Waals surface area contributed by atoms with Crippen LogP contribution in [0.5, 0.6) is 0 Å². The molecule has 2 aromatic heterocycles. The van der Waals surface area contributed by atoms with Crippen molar-refractivity contribution in [1.82, 2.24) is 19.8 Å². The maximum atomic E-state index is 11.9. The fourth-order valence-corrected chi connectivity index (χ4v) is 2.70. The van der Waals surface area contributed by atoms with Crippen LogP contribution in [0.4, 0.5) is 5.69 Å². The molecule has 19 heavy (non-hydrogen) atoms. The predicted octanol–water partition coefficient (Wildman–Crippen LogP) is 1.41. The van der Waals surface area contributed by atoms with Crippen molar-refractivity contribution >= 4 is 22.0 Å². The van der Waals surface area contributed by atoms with Crippen LogP contribution in [-0.2, 0) is 0 Å². The molecule has 0 saturated heterocycles. The summed E-state index contributed by atoms with van der Waals surface area (Å²) >= 11 is 1.32. The zero-order valence-corrected chi connectivity index (χ0v) is 11.2. The van der Waals surface area contributed by atoms with Gasteiger partial charge in [-0.25, -0.2) is 0 Å². The third-order valence-electron chi connectivity index (χ3n) is 2.95. The minimum atomic E-state index is -0.242. The van der Waals surface area contributed by atoms with Gasteiger partial charge in [-0.05, 0) is 25.5 Å². The van der Waals surface area contributed by atoms with E-state index in [1.165, 1.54) is 15.9 Å². The summed E-state index contributed by atoms with van der Waals surface area (Å²) in [5, 5.41) is 12.8. The van der Waals surface area contributed by atoms with Gasteiger partial charge in [-0.1, -0.05) is 23.5 Å². The zero-order valence-electron chi connectivity index (χ0n) is 10.4. The van der Waals surface area contributed by atoms with Gasteiger partial charge in [-0.2, -0.15) is 9.61 Å². The Morgan fingerprint density at radius 3 is 2.84 bits per heavy atom. The molecule has 96 valence electrons. The fourth-order valence-electron chi connectivity index (χ4n) is 1.79. The molecule has 0 atom stereocenters. The SMILES string of the molecule is Cc1c(N)cccc1-c1nn2c(=O)c(C)nnc2s1. The van der Waals surface area contributed by atoms with Gasteiger partial charge in [0.2, 0.25) is 4.96 Å². The number of anilines is 1. The van der Waals surface area contributed by atoms with E-state index < -0.39 is 0 Å². The van der Waals surface area contributed by atoms with E-state index in [-0.39, 0.29) is 5.56 Å². The van der Waals surface area contributed by atoms with Crippen LogP contribution in [0.25, 0.3) is 15.5 Å². The van der Waals surface area contributed by atoms with Crippen LogP contribution in [-0.4, -0.2) is 19.8 Å². The summed E-state index contributed by atoms with van der Waals surface area (Å²) in [6.45, 7) is 3.54. The van der Waals surface area contributed by atoms with Crippen LogP contribution in [0.2, 0.25) is 0 Å². The topological polar surface area (TPSA) is 86.2 Å². The van der Waals surface area contributed by atoms with E-state index in [0.29, 0.717) is 21.3 Å². The number of benzene rings is 1. The molecule has 3 rings (SSSR count). The largest absolute Gasteiger partial charge is 0.398 e. The van der Waals surface area contributed by atoms with Crippen molar-refractivity contribution in [2.75, 3.05) is 5.73 Å². The van der Waals surface area contributed by atoms with Crippen LogP contribution >= 0.6 is 11.3 Å². The highest BCUT2D eigenvalue weighted by Gasteiger charge is 2.13. The molecule has 0 bridgehead atoms. The molecule has 0 aliphatic heterocycles. The highest BCUT2D eigenvalue weighted by atomic mass is 32.1. The van der Waals surface area contributed by atoms with Crippen molar-refractivity contribution in [2.45, 2.75) is 13.8 Å². The molecule has 6 nitrogen and oxygen atoms in total. The fraction of sp³-hybridized carbons (Fsp3) is 0.167. The highest BCUT2D eigenvalue weighted by molar-refractivity contribution is 7.19. The number of nitrogens with two attached hydrogens (primary N) is 1. The normalized spacial score (nSPS) is 11.1. The van der Waals surface area contributed by atoms with Crippen molar-refractivity contribution < 1.29 is 0 Å². The first-order chi connectivity index (χ1) is 9.08. The molecule has 0 radical (unpaired) electrons. The number of fused-ring (bicyclic) bond motifs is 1. The van der Waals surface area contributed by atoms with E-state index in [0.717, 1.165) is 11.1 Å². The Kier molecular flexibility index (Phi) is 2.56. The quantitative estimate of drug-likeness (QED) is 0.677. The molecule has 0 amide bonds. The lowest BCUT2D eigenvalue weighted by atomic mass is 10.1. The Bertz CT molecular complexity index is 836. The molecule has 0 spiro atoms. The lowest BCUT2D eigenvalue weighted by Gasteiger charge is -2.03. The second-order valence-electron chi connectivity index (χ2n) is 4.21. The summed E-state index contributed by atoms with van der Waals surface area (Å²) in [4.78, 5) is 12.4. The summed E-state index contributed by atoms with van der Waals surface area (Å²) in [7, 11) is 0. The molecule has 3 aromatic rings. The van der Waals surface area contributed by atoms with Crippen LogP contribution in [0.15, 0.2) is 23.0 Å². The van der Waals surface area contributed by atoms with Gasteiger partial charge in [0, 0.05) is 11.3 Å². The average Bonchev–Trinajstić information content (AvgIpc) is 2.82. The van der Waals surface area contributed by atoms with E-state index in [1.807, 2.05) is 25.1 Å². The summed E-state index contributed by atoms with van der Waals surface area (Å²) in [6, 6.07) is 5.63. The van der Waals surface area contributed by atoms with Crippen LogP contribution < -0.4 is 11.3 Å². The molecular formula is C12H11N5OS. The first kappa shape index (κ1) is 11.8. The monoisotopic (exact) mass is 273 g/mol. The highest BCUT2D eigenvalue weighted by Crippen LogP contribution is 2.29. The third kappa shape index (κ3) is 1.78. The molecule has 0 aliphatic carbocycles. The van der Waals surface area contributed by atoms with Crippen molar-refractivity contribution in [3.63, 3.8) is 0 Å². The number of rotatable bonds is 1. The molecule has 0 saturated carbocycles. The van der Waals surface area contributed by atoms with Crippen molar-refractivity contribution in [3.8, 4) is 10.6 Å². The first-order valence-corrected chi connectivity index (χ1v) is 6.48. The predicted molar refractivity (Wildman–Crippen MR) is 74.3 cm³/mol. The Labute approximate surface area is 112 Å². The minimum absolute atomic E-state index is 0.242. The second kappa shape index (κ2) is 4.13.